The molecular weight excluding hydrogens is 310 g/mol. The van der Waals surface area contributed by atoms with E-state index in [1.807, 2.05) is 0 Å². The molecule has 7 N–H and O–H groups in total. The van der Waals surface area contributed by atoms with E-state index in [9.17, 15) is 19.2 Å². The fourth-order valence-electron chi connectivity index (χ4n) is 1.67. The quantitative estimate of drug-likeness (QED) is 0.285. The molecule has 126 valence electrons. The average Bonchev–Trinajstić information content (AvgIpc) is 2.96. The lowest BCUT2D eigenvalue weighted by Gasteiger charge is -2.19. The van der Waals surface area contributed by atoms with Crippen molar-refractivity contribution in [2.45, 2.75) is 24.9 Å². The van der Waals surface area contributed by atoms with E-state index in [0.29, 0.717) is 5.69 Å². The highest BCUT2D eigenvalue weighted by Gasteiger charge is 2.25. The number of aromatic amines is 1. The second-order valence-corrected chi connectivity index (χ2v) is 4.66. The Bertz CT molecular complexity index is 573. The number of carbonyl (C=O) groups is 4. The van der Waals surface area contributed by atoms with Gasteiger partial charge in [0.25, 0.3) is 0 Å². The number of amides is 2. The number of nitrogens with zero attached hydrogens (tertiary/aromatic N) is 1. The molecule has 0 aliphatic heterocycles. The third-order valence-electron chi connectivity index (χ3n) is 2.76. The summed E-state index contributed by atoms with van der Waals surface area (Å²) in [5.74, 6) is -4.07. The molecule has 1 heterocycles. The molecule has 2 amide bonds. The maximum absolute atomic E-state index is 12.0. The van der Waals surface area contributed by atoms with Crippen LogP contribution >= 0.6 is 0 Å². The fourth-order valence-corrected chi connectivity index (χ4v) is 1.67. The summed E-state index contributed by atoms with van der Waals surface area (Å²) in [6, 6.07) is -2.45. The molecule has 0 saturated heterocycles. The number of nitrogens with one attached hydrogen (secondary N) is 3. The summed E-state index contributed by atoms with van der Waals surface area (Å²) in [4.78, 5) is 51.4. The standard InChI is InChI=1S/C12H17N5O6/c13-7(2-9(18)19)11(22)17-8(1-6-3-14-5-16-6)12(23)15-4-10(20)21/h3,5,7-8H,1-2,4,13H2,(H,14,16)(H,15,23)(H,17,22)(H,18,19)(H,20,21). The van der Waals surface area contributed by atoms with Crippen LogP contribution < -0.4 is 16.4 Å². The SMILES string of the molecule is NC(CC(=O)O)C(=O)NC(Cc1cnc[nH]1)C(=O)NCC(=O)O. The zero-order chi connectivity index (χ0) is 17.4. The zero-order valence-electron chi connectivity index (χ0n) is 12.0. The van der Waals surface area contributed by atoms with Gasteiger partial charge in [0.2, 0.25) is 11.8 Å². The molecule has 1 aromatic heterocycles. The molecule has 0 fully saturated rings. The van der Waals surface area contributed by atoms with Gasteiger partial charge in [-0.25, -0.2) is 4.98 Å². The first-order valence-corrected chi connectivity index (χ1v) is 6.54. The lowest BCUT2D eigenvalue weighted by molar-refractivity contribution is -0.140. The first-order chi connectivity index (χ1) is 10.8. The molecule has 11 heteroatoms. The third kappa shape index (κ3) is 6.56. The highest BCUT2D eigenvalue weighted by Crippen LogP contribution is 2.00. The van der Waals surface area contributed by atoms with Crippen molar-refractivity contribution < 1.29 is 29.4 Å². The van der Waals surface area contributed by atoms with Crippen LogP contribution in [0.2, 0.25) is 0 Å². The second kappa shape index (κ2) is 8.48. The van der Waals surface area contributed by atoms with Gasteiger partial charge in [-0.1, -0.05) is 0 Å². The van der Waals surface area contributed by atoms with Gasteiger partial charge in [-0.2, -0.15) is 0 Å². The lowest BCUT2D eigenvalue weighted by atomic mass is 10.1. The number of carboxylic acids is 2. The minimum Gasteiger partial charge on any atom is -0.481 e. The number of aromatic nitrogens is 2. The maximum Gasteiger partial charge on any atom is 0.322 e. The van der Waals surface area contributed by atoms with Gasteiger partial charge < -0.3 is 31.6 Å². The van der Waals surface area contributed by atoms with Crippen LogP contribution in [0.1, 0.15) is 12.1 Å². The van der Waals surface area contributed by atoms with Crippen LogP contribution in [0.4, 0.5) is 0 Å². The number of H-pyrrole nitrogens is 1. The molecule has 2 atom stereocenters. The van der Waals surface area contributed by atoms with Gasteiger partial charge in [0.15, 0.2) is 0 Å². The molecule has 1 rings (SSSR count). The van der Waals surface area contributed by atoms with Gasteiger partial charge in [0.05, 0.1) is 18.8 Å². The fraction of sp³-hybridized carbons (Fsp3) is 0.417. The number of nitrogens with two attached hydrogens (primary N) is 1. The Kier molecular flexibility index (Phi) is 6.68. The number of hydrogen-bond donors (Lipinski definition) is 6. The lowest BCUT2D eigenvalue weighted by Crippen LogP contribution is -2.53. The van der Waals surface area contributed by atoms with Crippen LogP contribution in [0, 0.1) is 0 Å². The smallest absolute Gasteiger partial charge is 0.322 e. The number of imidazole rings is 1. The topological polar surface area (TPSA) is 188 Å². The van der Waals surface area contributed by atoms with Gasteiger partial charge in [-0.05, 0) is 0 Å². The largest absolute Gasteiger partial charge is 0.481 e. The van der Waals surface area contributed by atoms with E-state index in [-0.39, 0.29) is 6.42 Å². The van der Waals surface area contributed by atoms with E-state index in [1.165, 1.54) is 12.5 Å². The van der Waals surface area contributed by atoms with Gasteiger partial charge in [-0.3, -0.25) is 19.2 Å². The number of hydrogen-bond acceptors (Lipinski definition) is 6. The Hall–Kier alpha value is -2.95. The molecule has 1 aromatic rings. The summed E-state index contributed by atoms with van der Waals surface area (Å²) in [5, 5.41) is 21.6. The minimum absolute atomic E-state index is 0.0109. The first-order valence-electron chi connectivity index (χ1n) is 6.54. The molecule has 0 aromatic carbocycles. The number of carbonyl (C=O) groups excluding carboxylic acids is 2. The molecule has 0 radical (unpaired) electrons. The van der Waals surface area contributed by atoms with Gasteiger partial charge in [0.1, 0.15) is 12.6 Å². The van der Waals surface area contributed by atoms with Crippen LogP contribution in [0.3, 0.4) is 0 Å². The molecule has 0 spiro atoms. The predicted octanol–water partition coefficient (Wildman–Crippen LogP) is -2.56. The number of aliphatic carboxylic acids is 2. The Labute approximate surface area is 130 Å². The Morgan fingerprint density at radius 1 is 1.22 bits per heavy atom. The van der Waals surface area contributed by atoms with Crippen molar-refractivity contribution in [3.05, 3.63) is 18.2 Å². The van der Waals surface area contributed by atoms with E-state index in [2.05, 4.69) is 20.6 Å². The first kappa shape index (κ1) is 18.1. The van der Waals surface area contributed by atoms with Gasteiger partial charge >= 0.3 is 11.9 Å². The molecule has 23 heavy (non-hydrogen) atoms. The third-order valence-corrected chi connectivity index (χ3v) is 2.76. The average molecular weight is 327 g/mol. The van der Waals surface area contributed by atoms with Crippen LogP contribution in [-0.2, 0) is 25.6 Å². The van der Waals surface area contributed by atoms with Crippen molar-refractivity contribution in [1.82, 2.24) is 20.6 Å². The maximum atomic E-state index is 12.0. The second-order valence-electron chi connectivity index (χ2n) is 4.66. The number of carboxylic acid groups (broad SMARTS) is 2. The van der Waals surface area contributed by atoms with Crippen molar-refractivity contribution >= 4 is 23.8 Å². The highest BCUT2D eigenvalue weighted by molar-refractivity contribution is 5.92. The molecular formula is C12H17N5O6. The van der Waals surface area contributed by atoms with Gasteiger partial charge in [0, 0.05) is 18.3 Å². The van der Waals surface area contributed by atoms with E-state index in [1.54, 1.807) is 0 Å². The summed E-state index contributed by atoms with van der Waals surface area (Å²) in [6.45, 7) is -0.616. The van der Waals surface area contributed by atoms with Crippen molar-refractivity contribution in [3.63, 3.8) is 0 Å². The van der Waals surface area contributed by atoms with Gasteiger partial charge in [-0.15, -0.1) is 0 Å². The predicted molar refractivity (Wildman–Crippen MR) is 75.1 cm³/mol. The monoisotopic (exact) mass is 327 g/mol. The van der Waals surface area contributed by atoms with Crippen LogP contribution in [0.5, 0.6) is 0 Å². The normalized spacial score (nSPS) is 12.9. The van der Waals surface area contributed by atoms with Crippen molar-refractivity contribution in [2.75, 3.05) is 6.54 Å². The van der Waals surface area contributed by atoms with Crippen molar-refractivity contribution in [3.8, 4) is 0 Å². The molecule has 0 saturated carbocycles. The summed E-state index contributed by atoms with van der Waals surface area (Å²) >= 11 is 0. The summed E-state index contributed by atoms with van der Waals surface area (Å²) in [5.41, 5.74) is 5.94. The van der Waals surface area contributed by atoms with E-state index in [4.69, 9.17) is 15.9 Å². The Morgan fingerprint density at radius 2 is 1.91 bits per heavy atom. The van der Waals surface area contributed by atoms with E-state index >= 15 is 0 Å². The zero-order valence-corrected chi connectivity index (χ0v) is 12.0. The minimum atomic E-state index is -1.33. The Morgan fingerprint density at radius 3 is 2.43 bits per heavy atom. The van der Waals surface area contributed by atoms with Crippen LogP contribution in [-0.4, -0.2) is 62.6 Å². The molecule has 0 bridgehead atoms. The van der Waals surface area contributed by atoms with Crippen LogP contribution in [0.15, 0.2) is 12.5 Å². The van der Waals surface area contributed by atoms with E-state index in [0.717, 1.165) is 0 Å². The molecule has 2 unspecified atom stereocenters. The van der Waals surface area contributed by atoms with E-state index < -0.39 is 48.8 Å². The molecule has 0 aliphatic carbocycles. The number of rotatable bonds is 9. The summed E-state index contributed by atoms with van der Waals surface area (Å²) in [7, 11) is 0. The molecule has 11 nitrogen and oxygen atoms in total. The summed E-state index contributed by atoms with van der Waals surface area (Å²) in [6.07, 6.45) is 2.22. The van der Waals surface area contributed by atoms with Crippen LogP contribution in [0.25, 0.3) is 0 Å². The molecule has 0 aliphatic rings. The van der Waals surface area contributed by atoms with Crippen molar-refractivity contribution in [1.29, 1.82) is 0 Å². The Balaban J connectivity index is 2.73. The summed E-state index contributed by atoms with van der Waals surface area (Å²) < 4.78 is 0. The highest BCUT2D eigenvalue weighted by atomic mass is 16.4. The van der Waals surface area contributed by atoms with Crippen molar-refractivity contribution in [2.24, 2.45) is 5.73 Å².